The van der Waals surface area contributed by atoms with Gasteiger partial charge in [0.25, 0.3) is 0 Å². The summed E-state index contributed by atoms with van der Waals surface area (Å²) >= 11 is 0. The Balaban J connectivity index is 2.26. The smallest absolute Gasteiger partial charge is 0.140 e. The van der Waals surface area contributed by atoms with Crippen LogP contribution in [0.15, 0.2) is 42.5 Å². The van der Waals surface area contributed by atoms with E-state index in [4.69, 9.17) is 10.7 Å². The molecule has 0 radical (unpaired) electrons. The molecule has 2 aromatic carbocycles. The van der Waals surface area contributed by atoms with E-state index in [1.807, 2.05) is 36.4 Å². The van der Waals surface area contributed by atoms with E-state index in [0.717, 1.165) is 28.1 Å². The predicted octanol–water partition coefficient (Wildman–Crippen LogP) is 4.75. The van der Waals surface area contributed by atoms with Gasteiger partial charge in [-0.25, -0.2) is 4.98 Å². The zero-order valence-corrected chi connectivity index (χ0v) is 13.6. The summed E-state index contributed by atoms with van der Waals surface area (Å²) < 4.78 is 0. The summed E-state index contributed by atoms with van der Waals surface area (Å²) in [5.41, 5.74) is 11.4. The molecule has 0 aliphatic heterocycles. The molecule has 0 bridgehead atoms. The highest BCUT2D eigenvalue weighted by atomic mass is 14.9. The van der Waals surface area contributed by atoms with E-state index >= 15 is 0 Å². The van der Waals surface area contributed by atoms with Crippen molar-refractivity contribution in [3.63, 3.8) is 0 Å². The van der Waals surface area contributed by atoms with E-state index in [2.05, 4.69) is 38.7 Å². The molecular weight excluding hydrogens is 270 g/mol. The Morgan fingerprint density at radius 1 is 1.05 bits per heavy atom. The normalized spacial score (nSPS) is 12.2. The van der Waals surface area contributed by atoms with Crippen molar-refractivity contribution >= 4 is 16.7 Å². The Labute approximate surface area is 131 Å². The van der Waals surface area contributed by atoms with Crippen molar-refractivity contribution < 1.29 is 0 Å². The average Bonchev–Trinajstić information content (AvgIpc) is 2.90. The molecule has 0 unspecified atom stereocenters. The zero-order valence-electron chi connectivity index (χ0n) is 13.6. The highest BCUT2D eigenvalue weighted by Gasteiger charge is 2.29. The van der Waals surface area contributed by atoms with Crippen LogP contribution in [-0.2, 0) is 5.41 Å². The molecule has 3 rings (SSSR count). The van der Waals surface area contributed by atoms with E-state index < -0.39 is 0 Å². The molecule has 1 heterocycles. The summed E-state index contributed by atoms with van der Waals surface area (Å²) in [6, 6.07) is 14.2. The van der Waals surface area contributed by atoms with Crippen molar-refractivity contribution in [2.24, 2.45) is 5.92 Å². The van der Waals surface area contributed by atoms with Gasteiger partial charge in [-0.15, -0.1) is 0 Å². The highest BCUT2D eigenvalue weighted by Crippen LogP contribution is 2.40. The summed E-state index contributed by atoms with van der Waals surface area (Å²) in [6.45, 7) is 9.01. The maximum atomic E-state index is 6.31. The molecule has 0 aliphatic carbocycles. The zero-order chi connectivity index (χ0) is 15.9. The number of aromatic amines is 1. The molecule has 114 valence electrons. The highest BCUT2D eigenvalue weighted by molar-refractivity contribution is 5.84. The standard InChI is InChI=1S/C19H23N3/c1-12(2)19(3,4)13-8-7-9-14(20)17(13)18-21-15-10-5-6-11-16(15)22-18/h5-12H,20H2,1-4H3,(H,21,22). The Morgan fingerprint density at radius 2 is 1.77 bits per heavy atom. The third kappa shape index (κ3) is 2.27. The molecule has 0 fully saturated rings. The summed E-state index contributed by atoms with van der Waals surface area (Å²) in [4.78, 5) is 8.15. The molecule has 0 amide bonds. The minimum absolute atomic E-state index is 0.0175. The van der Waals surface area contributed by atoms with E-state index in [9.17, 15) is 0 Å². The summed E-state index contributed by atoms with van der Waals surface area (Å²) in [5, 5.41) is 0. The van der Waals surface area contributed by atoms with Gasteiger partial charge in [0.05, 0.1) is 11.0 Å². The minimum atomic E-state index is 0.0175. The molecule has 1 aromatic heterocycles. The largest absolute Gasteiger partial charge is 0.398 e. The van der Waals surface area contributed by atoms with Gasteiger partial charge in [-0.3, -0.25) is 0 Å². The SMILES string of the molecule is CC(C)C(C)(C)c1cccc(N)c1-c1nc2ccccc2[nH]1. The fourth-order valence-corrected chi connectivity index (χ4v) is 2.75. The number of aromatic nitrogens is 2. The van der Waals surface area contributed by atoms with Gasteiger partial charge in [-0.05, 0) is 35.1 Å². The van der Waals surface area contributed by atoms with Crippen LogP contribution in [0.1, 0.15) is 33.3 Å². The molecular formula is C19H23N3. The molecule has 22 heavy (non-hydrogen) atoms. The number of hydrogen-bond acceptors (Lipinski definition) is 2. The molecule has 3 N–H and O–H groups in total. The number of fused-ring (bicyclic) bond motifs is 1. The number of nitrogen functional groups attached to an aromatic ring is 1. The Morgan fingerprint density at radius 3 is 2.45 bits per heavy atom. The second-order valence-corrected chi connectivity index (χ2v) is 6.75. The summed E-state index contributed by atoms with van der Waals surface area (Å²) in [6.07, 6.45) is 0. The van der Waals surface area contributed by atoms with Gasteiger partial charge in [0.15, 0.2) is 0 Å². The molecule has 3 heteroatoms. The fraction of sp³-hybridized carbons (Fsp3) is 0.316. The van der Waals surface area contributed by atoms with Crippen molar-refractivity contribution in [1.29, 1.82) is 0 Å². The number of anilines is 1. The van der Waals surface area contributed by atoms with Crippen molar-refractivity contribution in [3.8, 4) is 11.4 Å². The Bertz CT molecular complexity index is 779. The van der Waals surface area contributed by atoms with E-state index in [1.54, 1.807) is 0 Å². The maximum Gasteiger partial charge on any atom is 0.140 e. The fourth-order valence-electron chi connectivity index (χ4n) is 2.75. The number of nitrogens with zero attached hydrogens (tertiary/aromatic N) is 1. The lowest BCUT2D eigenvalue weighted by molar-refractivity contribution is 0.373. The summed E-state index contributed by atoms with van der Waals surface area (Å²) in [5.74, 6) is 1.35. The number of rotatable bonds is 3. The van der Waals surface area contributed by atoms with E-state index in [-0.39, 0.29) is 5.41 Å². The number of nitrogens with one attached hydrogen (secondary N) is 1. The number of H-pyrrole nitrogens is 1. The van der Waals surface area contributed by atoms with Crippen LogP contribution in [-0.4, -0.2) is 9.97 Å². The van der Waals surface area contributed by atoms with E-state index in [0.29, 0.717) is 5.92 Å². The second kappa shape index (κ2) is 5.16. The predicted molar refractivity (Wildman–Crippen MR) is 93.8 cm³/mol. The average molecular weight is 293 g/mol. The Hall–Kier alpha value is -2.29. The molecule has 3 nitrogen and oxygen atoms in total. The molecule has 0 aliphatic rings. The lowest BCUT2D eigenvalue weighted by Gasteiger charge is -2.32. The molecule has 0 spiro atoms. The first-order chi connectivity index (χ1) is 10.4. The topological polar surface area (TPSA) is 54.7 Å². The third-order valence-electron chi connectivity index (χ3n) is 4.86. The van der Waals surface area contributed by atoms with Gasteiger partial charge in [-0.2, -0.15) is 0 Å². The summed E-state index contributed by atoms with van der Waals surface area (Å²) in [7, 11) is 0. The van der Waals surface area contributed by atoms with Gasteiger partial charge in [-0.1, -0.05) is 52.0 Å². The first kappa shape index (κ1) is 14.6. The van der Waals surface area contributed by atoms with Crippen LogP contribution in [0.4, 0.5) is 5.69 Å². The van der Waals surface area contributed by atoms with Crippen molar-refractivity contribution in [3.05, 3.63) is 48.0 Å². The molecule has 0 saturated carbocycles. The molecule has 0 saturated heterocycles. The van der Waals surface area contributed by atoms with Crippen LogP contribution in [0.5, 0.6) is 0 Å². The second-order valence-electron chi connectivity index (χ2n) is 6.75. The molecule has 0 atom stereocenters. The number of hydrogen-bond donors (Lipinski definition) is 2. The lowest BCUT2D eigenvalue weighted by atomic mass is 9.73. The minimum Gasteiger partial charge on any atom is -0.398 e. The van der Waals surface area contributed by atoms with Crippen LogP contribution in [0.3, 0.4) is 0 Å². The number of imidazole rings is 1. The monoisotopic (exact) mass is 293 g/mol. The molecule has 3 aromatic rings. The van der Waals surface area contributed by atoms with Crippen molar-refractivity contribution in [2.75, 3.05) is 5.73 Å². The third-order valence-corrected chi connectivity index (χ3v) is 4.86. The van der Waals surface area contributed by atoms with E-state index in [1.165, 1.54) is 5.56 Å². The van der Waals surface area contributed by atoms with Gasteiger partial charge in [0, 0.05) is 11.3 Å². The van der Waals surface area contributed by atoms with Crippen LogP contribution in [0.25, 0.3) is 22.4 Å². The maximum absolute atomic E-state index is 6.31. The van der Waals surface area contributed by atoms with Crippen molar-refractivity contribution in [2.45, 2.75) is 33.1 Å². The van der Waals surface area contributed by atoms with Gasteiger partial charge in [0.2, 0.25) is 0 Å². The van der Waals surface area contributed by atoms with Crippen LogP contribution >= 0.6 is 0 Å². The van der Waals surface area contributed by atoms with Crippen LogP contribution in [0, 0.1) is 5.92 Å². The first-order valence-corrected chi connectivity index (χ1v) is 7.75. The van der Waals surface area contributed by atoms with Gasteiger partial charge < -0.3 is 10.7 Å². The van der Waals surface area contributed by atoms with Crippen LogP contribution in [0.2, 0.25) is 0 Å². The Kier molecular flexibility index (Phi) is 3.44. The number of nitrogens with two attached hydrogens (primary N) is 1. The lowest BCUT2D eigenvalue weighted by Crippen LogP contribution is -2.25. The first-order valence-electron chi connectivity index (χ1n) is 7.75. The quantitative estimate of drug-likeness (QED) is 0.685. The van der Waals surface area contributed by atoms with Gasteiger partial charge >= 0.3 is 0 Å². The number of benzene rings is 2. The van der Waals surface area contributed by atoms with Gasteiger partial charge in [0.1, 0.15) is 5.82 Å². The van der Waals surface area contributed by atoms with Crippen molar-refractivity contribution in [1.82, 2.24) is 9.97 Å². The van der Waals surface area contributed by atoms with Crippen LogP contribution < -0.4 is 5.73 Å². The number of para-hydroxylation sites is 2.